The van der Waals surface area contributed by atoms with E-state index < -0.39 is 5.97 Å². The number of hydrogen-bond acceptors (Lipinski definition) is 2. The van der Waals surface area contributed by atoms with Crippen LogP contribution in [0.5, 0.6) is 0 Å². The average Bonchev–Trinajstić information content (AvgIpc) is 2.41. The Hall–Kier alpha value is -1.13. The number of halogens is 1. The molecule has 0 saturated carbocycles. The molecule has 0 bridgehead atoms. The van der Waals surface area contributed by atoms with Gasteiger partial charge in [0.15, 0.2) is 0 Å². The summed E-state index contributed by atoms with van der Waals surface area (Å²) in [6, 6.07) is 18.7. The van der Waals surface area contributed by atoms with Crippen molar-refractivity contribution in [2.24, 2.45) is 0 Å². The smallest absolute Gasteiger partial charge is 0.544 e. The first kappa shape index (κ1) is 15.9. The molecule has 0 N–H and O–H groups in total. The van der Waals surface area contributed by atoms with E-state index in [1.165, 1.54) is 0 Å². The van der Waals surface area contributed by atoms with E-state index in [0.717, 1.165) is 11.1 Å². The third-order valence-electron chi connectivity index (χ3n) is 2.52. The molecule has 0 saturated heterocycles. The molecule has 2 rings (SSSR count). The van der Waals surface area contributed by atoms with Gasteiger partial charge in [-0.1, -0.05) is 60.7 Å². The first-order valence-corrected chi connectivity index (χ1v) is 6.21. The van der Waals surface area contributed by atoms with E-state index in [1.807, 2.05) is 60.7 Å². The largest absolute Gasteiger partial charge is 1.00 e. The summed E-state index contributed by atoms with van der Waals surface area (Å²) in [6.07, 6.45) is 0. The summed E-state index contributed by atoms with van der Waals surface area (Å²) in [7, 11) is 0. The molecule has 0 aliphatic heterocycles. The van der Waals surface area contributed by atoms with Crippen molar-refractivity contribution >= 4 is 27.5 Å². The molecular weight excluding hydrogens is 400 g/mol. The van der Waals surface area contributed by atoms with Crippen LogP contribution in [0.4, 0.5) is 0 Å². The van der Waals surface area contributed by atoms with Gasteiger partial charge in [-0.05, 0) is 27.1 Å². The van der Waals surface area contributed by atoms with Crippen LogP contribution in [0.1, 0.15) is 11.1 Å². The van der Waals surface area contributed by atoms with E-state index in [4.69, 9.17) is 0 Å². The first-order valence-electron chi connectivity index (χ1n) is 5.42. The number of benzene rings is 2. The van der Waals surface area contributed by atoms with Gasteiger partial charge in [0, 0.05) is 10.1 Å². The van der Waals surface area contributed by atoms with Gasteiger partial charge in [0.05, 0.1) is 5.97 Å². The minimum absolute atomic E-state index is 0. The second-order valence-corrected chi connectivity index (χ2v) is 4.50. The monoisotopic (exact) mass is 408 g/mol. The molecule has 0 radical (unpaired) electrons. The average molecular weight is 410 g/mol. The topological polar surface area (TPSA) is 40.1 Å². The van der Waals surface area contributed by atoms with E-state index in [1.54, 1.807) is 0 Å². The van der Waals surface area contributed by atoms with Gasteiger partial charge < -0.3 is 9.90 Å². The predicted octanol–water partition coefficient (Wildman–Crippen LogP) is 2.59. The summed E-state index contributed by atoms with van der Waals surface area (Å²) < 4.78 is 0.0555. The summed E-state index contributed by atoms with van der Waals surface area (Å²) >= 11 is 3.10. The third-order valence-corrected chi connectivity index (χ3v) is 3.24. The Kier molecular flexibility index (Phi) is 6.25. The Labute approximate surface area is 135 Å². The normalized spacial score (nSPS) is 9.32. The van der Waals surface area contributed by atoms with Gasteiger partial charge in [-0.2, -0.15) is 0 Å². The van der Waals surface area contributed by atoms with Crippen molar-refractivity contribution in [1.82, 2.24) is 0 Å². The van der Waals surface area contributed by atoms with Crippen molar-refractivity contribution in [2.45, 2.75) is 0 Å². The fourth-order valence-corrected chi connectivity index (χ4v) is 2.19. The van der Waals surface area contributed by atoms with Gasteiger partial charge in [-0.15, -0.1) is 0 Å². The van der Waals surface area contributed by atoms with Crippen molar-refractivity contribution in [3.8, 4) is 0 Å². The molecule has 100 valence electrons. The minimum Gasteiger partial charge on any atom is -0.544 e. The van der Waals surface area contributed by atoms with Crippen LogP contribution in [0.25, 0.3) is 5.57 Å². The molecule has 0 aromatic heterocycles. The van der Waals surface area contributed by atoms with Crippen LogP contribution >= 0.6 is 15.9 Å². The van der Waals surface area contributed by atoms with Gasteiger partial charge in [-0.25, -0.2) is 0 Å². The second-order valence-electron chi connectivity index (χ2n) is 3.71. The molecule has 0 amide bonds. The van der Waals surface area contributed by atoms with Crippen LogP contribution in [-0.2, 0) is 27.2 Å². The summed E-state index contributed by atoms with van der Waals surface area (Å²) in [5.74, 6) is -1.22. The van der Waals surface area contributed by atoms with E-state index in [0.29, 0.717) is 5.57 Å². The maximum atomic E-state index is 11.1. The van der Waals surface area contributed by atoms with Gasteiger partial charge >= 0.3 is 22.4 Å². The molecule has 19 heavy (non-hydrogen) atoms. The number of carboxylic acid groups (broad SMARTS) is 1. The molecular formula is C15H10AgBrO2. The molecule has 0 aliphatic carbocycles. The zero-order valence-electron chi connectivity index (χ0n) is 9.77. The molecule has 0 atom stereocenters. The van der Waals surface area contributed by atoms with Gasteiger partial charge in [-0.3, -0.25) is 0 Å². The molecule has 4 heteroatoms. The van der Waals surface area contributed by atoms with Crippen molar-refractivity contribution in [1.29, 1.82) is 0 Å². The van der Waals surface area contributed by atoms with E-state index >= 15 is 0 Å². The molecule has 0 unspecified atom stereocenters. The number of carbonyl (C=O) groups is 1. The van der Waals surface area contributed by atoms with Gasteiger partial charge in [0.1, 0.15) is 0 Å². The molecule has 0 heterocycles. The fraction of sp³-hybridized carbons (Fsp3) is 0. The summed E-state index contributed by atoms with van der Waals surface area (Å²) in [4.78, 5) is 11.1. The summed E-state index contributed by atoms with van der Waals surface area (Å²) in [6.45, 7) is 0. The molecule has 2 nitrogen and oxygen atoms in total. The maximum absolute atomic E-state index is 11.1. The van der Waals surface area contributed by atoms with Gasteiger partial charge in [0.2, 0.25) is 0 Å². The SMILES string of the molecule is O=C([O-])C(Br)=C(c1ccccc1)c1ccccc1.[Ag+]. The van der Waals surface area contributed by atoms with E-state index in [9.17, 15) is 9.90 Å². The van der Waals surface area contributed by atoms with Gasteiger partial charge in [0.25, 0.3) is 0 Å². The van der Waals surface area contributed by atoms with Crippen LogP contribution in [0, 0.1) is 0 Å². The standard InChI is InChI=1S/C15H11BrO2.Ag/c16-14(15(17)18)13(11-7-3-1-4-8-11)12-9-5-2-6-10-12;/h1-10H,(H,17,18);/q;+1/p-1. The van der Waals surface area contributed by atoms with Crippen LogP contribution in [0.3, 0.4) is 0 Å². The Morgan fingerprint density at radius 1 is 0.842 bits per heavy atom. The maximum Gasteiger partial charge on any atom is 1.00 e. The zero-order chi connectivity index (χ0) is 13.0. The van der Waals surface area contributed by atoms with Crippen molar-refractivity contribution < 1.29 is 32.3 Å². The molecule has 0 fully saturated rings. The number of carboxylic acids is 1. The number of rotatable bonds is 3. The number of aliphatic carboxylic acids is 1. The molecule has 2 aromatic rings. The van der Waals surface area contributed by atoms with E-state index in [2.05, 4.69) is 15.9 Å². The Morgan fingerprint density at radius 2 is 1.21 bits per heavy atom. The fourth-order valence-electron chi connectivity index (χ4n) is 1.73. The molecule has 2 aromatic carbocycles. The Balaban J connectivity index is 0.00000180. The number of hydrogen-bond donors (Lipinski definition) is 0. The molecule has 0 aliphatic rings. The Bertz CT molecular complexity index is 538. The minimum atomic E-state index is -1.22. The van der Waals surface area contributed by atoms with Crippen LogP contribution in [0.15, 0.2) is 65.1 Å². The molecule has 0 spiro atoms. The van der Waals surface area contributed by atoms with Crippen LogP contribution in [0.2, 0.25) is 0 Å². The second kappa shape index (κ2) is 7.46. The van der Waals surface area contributed by atoms with Crippen molar-refractivity contribution in [3.05, 3.63) is 76.3 Å². The Morgan fingerprint density at radius 3 is 1.53 bits per heavy atom. The summed E-state index contributed by atoms with van der Waals surface area (Å²) in [5, 5.41) is 11.1. The van der Waals surface area contributed by atoms with E-state index in [-0.39, 0.29) is 26.9 Å². The van der Waals surface area contributed by atoms with Crippen molar-refractivity contribution in [3.63, 3.8) is 0 Å². The van der Waals surface area contributed by atoms with Crippen LogP contribution < -0.4 is 5.11 Å². The predicted molar refractivity (Wildman–Crippen MR) is 72.8 cm³/mol. The third kappa shape index (κ3) is 3.91. The number of carbonyl (C=O) groups excluding carboxylic acids is 1. The van der Waals surface area contributed by atoms with Crippen molar-refractivity contribution in [2.75, 3.05) is 0 Å². The quantitative estimate of drug-likeness (QED) is 0.577. The zero-order valence-corrected chi connectivity index (χ0v) is 12.8. The summed E-state index contributed by atoms with van der Waals surface area (Å²) in [5.41, 5.74) is 2.29. The van der Waals surface area contributed by atoms with Crippen LogP contribution in [-0.4, -0.2) is 5.97 Å². The first-order chi connectivity index (χ1) is 8.70.